The Morgan fingerprint density at radius 3 is 2.71 bits per heavy atom. The van der Waals surface area contributed by atoms with E-state index in [4.69, 9.17) is 15.2 Å². The molecule has 2 aliphatic rings. The highest BCUT2D eigenvalue weighted by atomic mass is 32.2. The molecular formula is C15H16N2O6S. The van der Waals surface area contributed by atoms with E-state index in [0.717, 1.165) is 4.90 Å². The molecule has 2 aliphatic heterocycles. The summed E-state index contributed by atoms with van der Waals surface area (Å²) in [7, 11) is 0.00466. The monoisotopic (exact) mass is 352 g/mol. The van der Waals surface area contributed by atoms with Crippen LogP contribution >= 0.6 is 0 Å². The van der Waals surface area contributed by atoms with Crippen LogP contribution in [0.2, 0.25) is 0 Å². The summed E-state index contributed by atoms with van der Waals surface area (Å²) in [5.74, 6) is -1.40. The van der Waals surface area contributed by atoms with E-state index in [0.29, 0.717) is 11.3 Å². The van der Waals surface area contributed by atoms with Gasteiger partial charge in [0.05, 0.1) is 23.7 Å². The van der Waals surface area contributed by atoms with E-state index in [1.165, 1.54) is 0 Å². The van der Waals surface area contributed by atoms with Crippen molar-refractivity contribution in [2.75, 3.05) is 12.9 Å². The number of fused-ring (bicyclic) bond motifs is 1. The van der Waals surface area contributed by atoms with Crippen molar-refractivity contribution in [3.8, 4) is 5.75 Å². The number of carbonyl (C=O) groups is 2. The molecule has 2 unspecified atom stereocenters. The minimum absolute atomic E-state index is 0.0402. The van der Waals surface area contributed by atoms with Crippen LogP contribution in [0.4, 0.5) is 0 Å². The molecule has 24 heavy (non-hydrogen) atoms. The molecule has 3 rings (SSSR count). The van der Waals surface area contributed by atoms with Gasteiger partial charge in [-0.2, -0.15) is 0 Å². The molecule has 1 fully saturated rings. The number of hydrogen-bond acceptors (Lipinski definition) is 7. The number of carbonyl (C=O) groups excluding carboxylic acids is 2. The molecule has 1 aromatic rings. The highest BCUT2D eigenvalue weighted by Gasteiger charge is 2.55. The fraction of sp³-hybridized carbons (Fsp3) is 0.333. The van der Waals surface area contributed by atoms with Gasteiger partial charge < -0.3 is 20.3 Å². The molecule has 1 amide bonds. The molecule has 2 heterocycles. The van der Waals surface area contributed by atoms with E-state index in [9.17, 15) is 18.9 Å². The third-order valence-electron chi connectivity index (χ3n) is 3.87. The molecule has 0 saturated carbocycles. The van der Waals surface area contributed by atoms with Crippen LogP contribution in [0, 0.1) is 0 Å². The third-order valence-corrected chi connectivity index (χ3v) is 5.47. The summed E-state index contributed by atoms with van der Waals surface area (Å²) in [6, 6.07) is 5.96. The molecular weight excluding hydrogens is 336 g/mol. The predicted octanol–water partition coefficient (Wildman–Crippen LogP) is -0.234. The normalized spacial score (nSPS) is 25.8. The zero-order valence-corrected chi connectivity index (χ0v) is 13.6. The fourth-order valence-corrected chi connectivity index (χ4v) is 4.05. The molecule has 3 atom stereocenters. The lowest BCUT2D eigenvalue weighted by molar-refractivity contribution is -0.152. The summed E-state index contributed by atoms with van der Waals surface area (Å²) < 4.78 is 22.1. The molecule has 0 aromatic heterocycles. The van der Waals surface area contributed by atoms with Gasteiger partial charge in [0.25, 0.3) is 0 Å². The number of rotatable bonds is 4. The summed E-state index contributed by atoms with van der Waals surface area (Å²) in [6.45, 7) is -0.0402. The zero-order valence-electron chi connectivity index (χ0n) is 12.8. The Bertz CT molecular complexity index is 745. The van der Waals surface area contributed by atoms with Crippen molar-refractivity contribution >= 4 is 22.7 Å². The summed E-state index contributed by atoms with van der Waals surface area (Å²) in [5, 5.41) is 9.14. The smallest absolute Gasteiger partial charge is 0.358 e. The molecule has 9 heteroatoms. The first-order valence-corrected chi connectivity index (χ1v) is 8.50. The molecule has 0 spiro atoms. The topological polar surface area (TPSA) is 119 Å². The second kappa shape index (κ2) is 6.25. The lowest BCUT2D eigenvalue weighted by Gasteiger charge is -2.46. The molecule has 3 N–H and O–H groups in total. The number of methoxy groups -OCH3 is 1. The van der Waals surface area contributed by atoms with Crippen LogP contribution < -0.4 is 10.5 Å². The highest BCUT2D eigenvalue weighted by Crippen LogP contribution is 2.33. The first-order valence-electron chi connectivity index (χ1n) is 7.12. The van der Waals surface area contributed by atoms with Crippen molar-refractivity contribution in [2.24, 2.45) is 5.73 Å². The number of hydrogen-bond donors (Lipinski definition) is 2. The summed E-state index contributed by atoms with van der Waals surface area (Å²) in [5.41, 5.74) is 6.05. The lowest BCUT2D eigenvalue weighted by atomic mass is 10.1. The summed E-state index contributed by atoms with van der Waals surface area (Å²) in [6.07, 6.45) is 0. The van der Waals surface area contributed by atoms with Gasteiger partial charge in [0.2, 0.25) is 5.91 Å². The van der Waals surface area contributed by atoms with Gasteiger partial charge in [-0.05, 0) is 17.7 Å². The quantitative estimate of drug-likeness (QED) is 0.567. The van der Waals surface area contributed by atoms with E-state index in [2.05, 4.69) is 0 Å². The maximum absolute atomic E-state index is 12.3. The minimum atomic E-state index is -1.54. The number of nitrogens with zero attached hydrogens (tertiary/aromatic N) is 1. The molecule has 0 radical (unpaired) electrons. The Labute approximate surface area is 140 Å². The minimum Gasteiger partial charge on any atom is -0.509 e. The van der Waals surface area contributed by atoms with Crippen LogP contribution in [-0.2, 0) is 31.7 Å². The van der Waals surface area contributed by atoms with Crippen molar-refractivity contribution in [2.45, 2.75) is 18.0 Å². The number of β-lactam (4-membered cyclic amide) rings is 1. The number of esters is 1. The predicted molar refractivity (Wildman–Crippen MR) is 84.1 cm³/mol. The van der Waals surface area contributed by atoms with Crippen LogP contribution in [-0.4, -0.2) is 50.4 Å². The van der Waals surface area contributed by atoms with Crippen LogP contribution in [0.5, 0.6) is 5.75 Å². The molecule has 0 aliphatic carbocycles. The van der Waals surface area contributed by atoms with Gasteiger partial charge in [-0.25, -0.2) is 4.79 Å². The summed E-state index contributed by atoms with van der Waals surface area (Å²) >= 11 is 0. The van der Waals surface area contributed by atoms with Gasteiger partial charge in [-0.15, -0.1) is 0 Å². The molecule has 0 bridgehead atoms. The number of aliphatic hydroxyl groups excluding tert-OH is 1. The number of amides is 1. The fourth-order valence-electron chi connectivity index (χ4n) is 2.59. The van der Waals surface area contributed by atoms with Gasteiger partial charge in [0.1, 0.15) is 29.5 Å². The van der Waals surface area contributed by atoms with Gasteiger partial charge >= 0.3 is 5.97 Å². The molecule has 128 valence electrons. The Hall–Kier alpha value is -2.39. The molecule has 8 nitrogen and oxygen atoms in total. The van der Waals surface area contributed by atoms with E-state index in [1.54, 1.807) is 31.4 Å². The van der Waals surface area contributed by atoms with Gasteiger partial charge in [0.15, 0.2) is 5.70 Å². The van der Waals surface area contributed by atoms with Crippen molar-refractivity contribution < 1.29 is 28.4 Å². The molecule has 1 aromatic carbocycles. The first-order chi connectivity index (χ1) is 11.4. The van der Waals surface area contributed by atoms with Crippen molar-refractivity contribution in [3.05, 3.63) is 41.3 Å². The second-order valence-corrected chi connectivity index (χ2v) is 6.90. The largest absolute Gasteiger partial charge is 0.509 e. The standard InChI is InChI=1S/C15H16N2O6S/c1-22-9-4-2-8(3-5-9)6-23-15(20)12-10(18)7-24(21)14-11(16)13(19)17(12)14/h2-5,11,14,18H,6-7,16H2,1H3/t11?,14-,24?/m1/s1. The third kappa shape index (κ3) is 2.65. The van der Waals surface area contributed by atoms with Gasteiger partial charge in [-0.1, -0.05) is 12.1 Å². The van der Waals surface area contributed by atoms with E-state index in [1.807, 2.05) is 0 Å². The maximum Gasteiger partial charge on any atom is 0.358 e. The number of aliphatic hydroxyl groups is 1. The van der Waals surface area contributed by atoms with Crippen LogP contribution in [0.3, 0.4) is 0 Å². The van der Waals surface area contributed by atoms with E-state index >= 15 is 0 Å². The van der Waals surface area contributed by atoms with Gasteiger partial charge in [-0.3, -0.25) is 13.9 Å². The lowest BCUT2D eigenvalue weighted by Crippen LogP contribution is -2.71. The Balaban J connectivity index is 1.72. The Morgan fingerprint density at radius 2 is 2.08 bits per heavy atom. The second-order valence-electron chi connectivity index (χ2n) is 5.37. The number of benzene rings is 1. The Morgan fingerprint density at radius 1 is 1.42 bits per heavy atom. The van der Waals surface area contributed by atoms with Crippen molar-refractivity contribution in [3.63, 3.8) is 0 Å². The first kappa shape index (κ1) is 16.5. The summed E-state index contributed by atoms with van der Waals surface area (Å²) in [4.78, 5) is 25.1. The SMILES string of the molecule is COc1ccc(COC(=O)C2=C(O)CS(=O)[C@@H]3C(N)C(=O)N23)cc1. The van der Waals surface area contributed by atoms with Crippen LogP contribution in [0.25, 0.3) is 0 Å². The average Bonchev–Trinajstić information content (AvgIpc) is 2.58. The van der Waals surface area contributed by atoms with E-state index in [-0.39, 0.29) is 18.1 Å². The highest BCUT2D eigenvalue weighted by molar-refractivity contribution is 7.86. The van der Waals surface area contributed by atoms with Gasteiger partial charge in [0, 0.05) is 0 Å². The maximum atomic E-state index is 12.3. The average molecular weight is 352 g/mol. The van der Waals surface area contributed by atoms with Crippen LogP contribution in [0.1, 0.15) is 5.56 Å². The number of ether oxygens (including phenoxy) is 2. The van der Waals surface area contributed by atoms with E-state index < -0.39 is 39.9 Å². The number of nitrogens with two attached hydrogens (primary N) is 1. The van der Waals surface area contributed by atoms with Crippen LogP contribution in [0.15, 0.2) is 35.7 Å². The van der Waals surface area contributed by atoms with Crippen molar-refractivity contribution in [1.82, 2.24) is 4.90 Å². The molecule has 1 saturated heterocycles. The zero-order chi connectivity index (χ0) is 17.4. The Kier molecular flexibility index (Phi) is 4.29. The van der Waals surface area contributed by atoms with Crippen molar-refractivity contribution in [1.29, 1.82) is 0 Å².